The molecule has 3 aromatic rings. The average Bonchev–Trinajstić information content (AvgIpc) is 3.11. The quantitative estimate of drug-likeness (QED) is 0.508. The number of amides is 1. The highest BCUT2D eigenvalue weighted by Gasteiger charge is 2.37. The van der Waals surface area contributed by atoms with Gasteiger partial charge in [-0.05, 0) is 59.9 Å². The van der Waals surface area contributed by atoms with E-state index in [-0.39, 0.29) is 17.5 Å². The molecule has 0 fully saturated rings. The third-order valence-corrected chi connectivity index (χ3v) is 7.97. The smallest absolute Gasteiger partial charge is 0.256 e. The molecule has 0 bridgehead atoms. The van der Waals surface area contributed by atoms with Gasteiger partial charge >= 0.3 is 0 Å². The van der Waals surface area contributed by atoms with E-state index in [2.05, 4.69) is 49.6 Å². The fraction of sp³-hybridized carbons (Fsp3) is 0.423. The normalized spacial score (nSPS) is 20.6. The van der Waals surface area contributed by atoms with Gasteiger partial charge in [-0.1, -0.05) is 51.1 Å². The summed E-state index contributed by atoms with van der Waals surface area (Å²) in [6.45, 7) is 9.55. The number of hydrogen-bond acceptors (Lipinski definition) is 4. The molecule has 0 unspecified atom stereocenters. The molecule has 1 amide bonds. The van der Waals surface area contributed by atoms with Crippen molar-refractivity contribution in [1.82, 2.24) is 5.32 Å². The van der Waals surface area contributed by atoms with Gasteiger partial charge in [-0.2, -0.15) is 0 Å². The first-order valence-corrected chi connectivity index (χ1v) is 12.0. The lowest BCUT2D eigenvalue weighted by Crippen LogP contribution is -2.38. The van der Waals surface area contributed by atoms with Crippen LogP contribution in [-0.4, -0.2) is 12.5 Å². The monoisotopic (exact) mass is 434 g/mol. The van der Waals surface area contributed by atoms with Gasteiger partial charge in [0.1, 0.15) is 16.9 Å². The minimum atomic E-state index is -0.314. The lowest BCUT2D eigenvalue weighted by atomic mass is 9.72. The van der Waals surface area contributed by atoms with Crippen LogP contribution < -0.4 is 15.4 Å². The van der Waals surface area contributed by atoms with E-state index in [4.69, 9.17) is 4.74 Å². The van der Waals surface area contributed by atoms with E-state index >= 15 is 0 Å². The Labute approximate surface area is 188 Å². The third kappa shape index (κ3) is 3.49. The van der Waals surface area contributed by atoms with Crippen LogP contribution >= 0.6 is 11.3 Å². The molecular formula is C26H30N2O2S. The molecule has 1 aromatic heterocycles. The van der Waals surface area contributed by atoms with Gasteiger partial charge in [0.2, 0.25) is 0 Å². The fourth-order valence-electron chi connectivity index (χ4n) is 5.04. The maximum Gasteiger partial charge on any atom is 0.256 e. The molecule has 1 aliphatic heterocycles. The molecule has 0 radical (unpaired) electrons. The lowest BCUT2D eigenvalue weighted by molar-refractivity contribution is 0.0934. The summed E-state index contributed by atoms with van der Waals surface area (Å²) in [7, 11) is 0. The lowest BCUT2D eigenvalue weighted by Gasteiger charge is -2.34. The number of carbonyl (C=O) groups excluding carboxylic acids is 1. The van der Waals surface area contributed by atoms with Crippen molar-refractivity contribution in [3.8, 4) is 5.75 Å². The molecule has 0 spiro atoms. The molecule has 2 heterocycles. The van der Waals surface area contributed by atoms with Crippen LogP contribution in [0.4, 0.5) is 5.00 Å². The molecule has 2 N–H and O–H groups in total. The van der Waals surface area contributed by atoms with E-state index in [1.165, 1.54) is 10.4 Å². The Morgan fingerprint density at radius 1 is 1.13 bits per heavy atom. The highest BCUT2D eigenvalue weighted by atomic mass is 32.1. The Morgan fingerprint density at radius 2 is 1.94 bits per heavy atom. The molecule has 1 aliphatic carbocycles. The largest absolute Gasteiger partial charge is 0.493 e. The topological polar surface area (TPSA) is 50.4 Å². The molecule has 5 heteroatoms. The van der Waals surface area contributed by atoms with Crippen LogP contribution in [0.5, 0.6) is 5.75 Å². The minimum absolute atomic E-state index is 0.0286. The zero-order valence-corrected chi connectivity index (χ0v) is 19.5. The molecule has 31 heavy (non-hydrogen) atoms. The van der Waals surface area contributed by atoms with Gasteiger partial charge in [0, 0.05) is 10.4 Å². The van der Waals surface area contributed by atoms with Crippen LogP contribution in [0.15, 0.2) is 36.4 Å². The molecule has 0 saturated heterocycles. The van der Waals surface area contributed by atoms with Crippen molar-refractivity contribution in [1.29, 1.82) is 0 Å². The Bertz CT molecular complexity index is 1160. The van der Waals surface area contributed by atoms with Gasteiger partial charge in [-0.15, -0.1) is 11.3 Å². The summed E-state index contributed by atoms with van der Waals surface area (Å²) in [5.74, 6) is 1.50. The highest BCUT2D eigenvalue weighted by Crippen LogP contribution is 2.47. The number of rotatable bonds is 3. The van der Waals surface area contributed by atoms with E-state index in [1.54, 1.807) is 11.3 Å². The van der Waals surface area contributed by atoms with Crippen LogP contribution in [0.25, 0.3) is 10.8 Å². The zero-order valence-electron chi connectivity index (χ0n) is 18.7. The predicted octanol–water partition coefficient (Wildman–Crippen LogP) is 6.31. The van der Waals surface area contributed by atoms with Crippen molar-refractivity contribution < 1.29 is 9.53 Å². The second-order valence-corrected chi connectivity index (χ2v) is 10.8. The SMILES string of the molecule is CCOc1ccc2ccccc2c1[C@@H]1NC(=O)c2c(sc3c2CC[C@@H](C(C)(C)C)C3)N1. The van der Waals surface area contributed by atoms with Gasteiger partial charge in [-0.25, -0.2) is 0 Å². The summed E-state index contributed by atoms with van der Waals surface area (Å²) in [4.78, 5) is 14.7. The molecule has 0 saturated carbocycles. The zero-order chi connectivity index (χ0) is 21.8. The molecular weight excluding hydrogens is 404 g/mol. The number of anilines is 1. The first-order chi connectivity index (χ1) is 14.9. The van der Waals surface area contributed by atoms with Crippen molar-refractivity contribution in [2.75, 3.05) is 11.9 Å². The van der Waals surface area contributed by atoms with Gasteiger partial charge < -0.3 is 15.4 Å². The summed E-state index contributed by atoms with van der Waals surface area (Å²) in [5, 5.41) is 10.1. The van der Waals surface area contributed by atoms with Gasteiger partial charge in [0.05, 0.1) is 12.2 Å². The first kappa shape index (κ1) is 20.4. The molecule has 2 atom stereocenters. The van der Waals surface area contributed by atoms with E-state index < -0.39 is 0 Å². The van der Waals surface area contributed by atoms with Crippen molar-refractivity contribution in [3.05, 3.63) is 58.0 Å². The van der Waals surface area contributed by atoms with Crippen LogP contribution in [0.1, 0.15) is 66.6 Å². The highest BCUT2D eigenvalue weighted by molar-refractivity contribution is 7.16. The Morgan fingerprint density at radius 3 is 2.71 bits per heavy atom. The van der Waals surface area contributed by atoms with E-state index in [9.17, 15) is 4.79 Å². The number of nitrogens with one attached hydrogen (secondary N) is 2. The average molecular weight is 435 g/mol. The van der Waals surface area contributed by atoms with Crippen LogP contribution in [0.3, 0.4) is 0 Å². The molecule has 162 valence electrons. The maximum atomic E-state index is 13.3. The second-order valence-electron chi connectivity index (χ2n) is 9.70. The number of fused-ring (bicyclic) bond motifs is 4. The molecule has 2 aromatic carbocycles. The summed E-state index contributed by atoms with van der Waals surface area (Å²) in [6, 6.07) is 12.4. The van der Waals surface area contributed by atoms with Crippen molar-refractivity contribution in [3.63, 3.8) is 0 Å². The molecule has 2 aliphatic rings. The summed E-state index contributed by atoms with van der Waals surface area (Å²) < 4.78 is 5.97. The number of thiophene rings is 1. The molecule has 5 rings (SSSR count). The summed E-state index contributed by atoms with van der Waals surface area (Å²) in [5.41, 5.74) is 3.40. The first-order valence-electron chi connectivity index (χ1n) is 11.2. The second kappa shape index (κ2) is 7.56. The summed E-state index contributed by atoms with van der Waals surface area (Å²) in [6.07, 6.45) is 2.88. The number of hydrogen-bond donors (Lipinski definition) is 2. The van der Waals surface area contributed by atoms with Gasteiger partial charge in [0.15, 0.2) is 0 Å². The molecule has 4 nitrogen and oxygen atoms in total. The Hall–Kier alpha value is -2.53. The van der Waals surface area contributed by atoms with E-state index in [1.807, 2.05) is 25.1 Å². The van der Waals surface area contributed by atoms with Crippen molar-refractivity contribution in [2.24, 2.45) is 11.3 Å². The minimum Gasteiger partial charge on any atom is -0.493 e. The van der Waals surface area contributed by atoms with Crippen LogP contribution in [0.2, 0.25) is 0 Å². The van der Waals surface area contributed by atoms with Crippen molar-refractivity contribution >= 4 is 33.0 Å². The van der Waals surface area contributed by atoms with Gasteiger partial charge in [0.25, 0.3) is 5.91 Å². The van der Waals surface area contributed by atoms with Crippen LogP contribution in [0, 0.1) is 11.3 Å². The van der Waals surface area contributed by atoms with Crippen molar-refractivity contribution in [2.45, 2.75) is 53.1 Å². The van der Waals surface area contributed by atoms with Gasteiger partial charge in [-0.3, -0.25) is 4.79 Å². The standard InChI is InChI=1S/C26H30N2O2S/c1-5-30-19-13-10-15-8-6-7-9-17(15)21(19)23-27-24(29)22-18-12-11-16(26(2,3)4)14-20(18)31-25(22)28-23/h6-10,13,16,23,28H,5,11-12,14H2,1-4H3,(H,27,29)/t16-,23-/m1/s1. The number of benzene rings is 2. The van der Waals surface area contributed by atoms with E-state index in [0.717, 1.165) is 51.9 Å². The maximum absolute atomic E-state index is 13.3. The number of ether oxygens (including phenoxy) is 1. The van der Waals surface area contributed by atoms with E-state index in [0.29, 0.717) is 12.5 Å². The summed E-state index contributed by atoms with van der Waals surface area (Å²) >= 11 is 1.77. The Kier molecular flexibility index (Phi) is 4.97. The fourth-order valence-corrected chi connectivity index (χ4v) is 6.39. The van der Waals surface area contributed by atoms with Crippen LogP contribution in [-0.2, 0) is 12.8 Å². The third-order valence-electron chi connectivity index (χ3n) is 6.79. The Balaban J connectivity index is 1.55. The predicted molar refractivity (Wildman–Crippen MR) is 128 cm³/mol. The number of carbonyl (C=O) groups is 1.